The highest BCUT2D eigenvalue weighted by Crippen LogP contribution is 2.22. The van der Waals surface area contributed by atoms with E-state index in [9.17, 15) is 29.8 Å². The Balaban J connectivity index is 2.12. The van der Waals surface area contributed by atoms with Gasteiger partial charge in [-0.3, -0.25) is 35.1 Å². The number of nitro benzene ring substituents is 2. The number of hydrogen-bond acceptors (Lipinski definition) is 8. The van der Waals surface area contributed by atoms with Crippen molar-refractivity contribution in [1.82, 2.24) is 10.6 Å². The minimum atomic E-state index is -0.893. The summed E-state index contributed by atoms with van der Waals surface area (Å²) in [6.45, 7) is 0.889. The van der Waals surface area contributed by atoms with Crippen molar-refractivity contribution in [1.29, 1.82) is 0 Å². The topological polar surface area (TPSA) is 166 Å². The van der Waals surface area contributed by atoms with Crippen LogP contribution in [0.25, 0.3) is 0 Å². The Kier molecular flexibility index (Phi) is 8.68. The lowest BCUT2D eigenvalue weighted by molar-refractivity contribution is -0.394. The predicted molar refractivity (Wildman–Crippen MR) is 119 cm³/mol. The van der Waals surface area contributed by atoms with Gasteiger partial charge >= 0.3 is 0 Å². The van der Waals surface area contributed by atoms with Crippen LogP contribution in [0.2, 0.25) is 0 Å². The maximum absolute atomic E-state index is 12.4. The monoisotopic (exact) mass is 461 g/mol. The first-order chi connectivity index (χ1) is 15.2. The van der Waals surface area contributed by atoms with Gasteiger partial charge in [0.15, 0.2) is 5.11 Å². The van der Waals surface area contributed by atoms with Gasteiger partial charge in [0.1, 0.15) is 0 Å². The Morgan fingerprint density at radius 2 is 1.66 bits per heavy atom. The molecular formula is C19H19N5O7S. The van der Waals surface area contributed by atoms with Gasteiger partial charge in [-0.05, 0) is 30.8 Å². The number of non-ortho nitro benzene ring substituents is 2. The number of nitrogens with one attached hydrogen (secondary N) is 3. The molecule has 0 saturated heterocycles. The van der Waals surface area contributed by atoms with Gasteiger partial charge in [0.2, 0.25) is 0 Å². The minimum Gasteiger partial charge on any atom is -0.385 e. The number of carbonyl (C=O) groups is 2. The normalized spacial score (nSPS) is 10.2. The third-order valence-corrected chi connectivity index (χ3v) is 4.25. The van der Waals surface area contributed by atoms with Crippen molar-refractivity contribution in [3.63, 3.8) is 0 Å². The average Bonchev–Trinajstić information content (AvgIpc) is 2.76. The van der Waals surface area contributed by atoms with Gasteiger partial charge in [-0.15, -0.1) is 0 Å². The molecule has 0 aliphatic rings. The average molecular weight is 461 g/mol. The zero-order valence-electron chi connectivity index (χ0n) is 16.8. The number of anilines is 1. The molecule has 3 N–H and O–H groups in total. The number of methoxy groups -OCH3 is 1. The summed E-state index contributed by atoms with van der Waals surface area (Å²) in [5.74, 6) is -1.26. The number of amides is 2. The molecule has 0 saturated carbocycles. The number of ether oxygens (including phenoxy) is 1. The smallest absolute Gasteiger partial charge is 0.277 e. The van der Waals surface area contributed by atoms with Crippen LogP contribution in [0.4, 0.5) is 17.1 Å². The van der Waals surface area contributed by atoms with Crippen LogP contribution < -0.4 is 16.0 Å². The van der Waals surface area contributed by atoms with Gasteiger partial charge in [0.05, 0.1) is 32.7 Å². The Morgan fingerprint density at radius 1 is 1.03 bits per heavy atom. The maximum Gasteiger partial charge on any atom is 0.277 e. The van der Waals surface area contributed by atoms with Gasteiger partial charge in [-0.25, -0.2) is 0 Å². The van der Waals surface area contributed by atoms with Gasteiger partial charge in [0, 0.05) is 32.4 Å². The van der Waals surface area contributed by atoms with Crippen molar-refractivity contribution in [2.75, 3.05) is 25.6 Å². The van der Waals surface area contributed by atoms with E-state index < -0.39 is 27.1 Å². The van der Waals surface area contributed by atoms with Crippen LogP contribution >= 0.6 is 12.2 Å². The number of nitro groups is 2. The number of nitrogens with zero attached hydrogens (tertiary/aromatic N) is 2. The standard InChI is InChI=1S/C19H19N5O7S/c1-31-8-4-7-20-18(26)15-5-2-3-6-16(15)21-19(32)22-17(25)12-9-13(23(27)28)11-14(10-12)24(29)30/h2-3,5-6,9-11H,4,7-8H2,1H3,(H,20,26)(H2,21,22,25,32). The highest BCUT2D eigenvalue weighted by molar-refractivity contribution is 7.80. The summed E-state index contributed by atoms with van der Waals surface area (Å²) in [5.41, 5.74) is -0.962. The lowest BCUT2D eigenvalue weighted by Gasteiger charge is -2.13. The zero-order valence-corrected chi connectivity index (χ0v) is 17.6. The molecule has 0 unspecified atom stereocenters. The van der Waals surface area contributed by atoms with Crippen molar-refractivity contribution in [2.24, 2.45) is 0 Å². The van der Waals surface area contributed by atoms with Crippen LogP contribution in [0, 0.1) is 20.2 Å². The molecule has 2 rings (SSSR count). The number of benzene rings is 2. The maximum atomic E-state index is 12.4. The van der Waals surface area contributed by atoms with E-state index in [4.69, 9.17) is 17.0 Å². The van der Waals surface area contributed by atoms with Crippen molar-refractivity contribution in [3.05, 3.63) is 73.8 Å². The largest absolute Gasteiger partial charge is 0.385 e. The van der Waals surface area contributed by atoms with Crippen LogP contribution in [-0.2, 0) is 4.74 Å². The predicted octanol–water partition coefficient (Wildman–Crippen LogP) is 2.40. The first-order valence-electron chi connectivity index (χ1n) is 9.15. The second-order valence-electron chi connectivity index (χ2n) is 6.31. The van der Waals surface area contributed by atoms with E-state index in [-0.39, 0.29) is 22.1 Å². The fourth-order valence-electron chi connectivity index (χ4n) is 2.57. The molecule has 0 heterocycles. The van der Waals surface area contributed by atoms with Crippen LogP contribution in [0.3, 0.4) is 0 Å². The molecule has 32 heavy (non-hydrogen) atoms. The summed E-state index contributed by atoms with van der Waals surface area (Å²) in [6, 6.07) is 8.97. The fourth-order valence-corrected chi connectivity index (χ4v) is 2.77. The summed E-state index contributed by atoms with van der Waals surface area (Å²) >= 11 is 5.09. The molecule has 0 radical (unpaired) electrons. The molecule has 2 aromatic carbocycles. The number of rotatable bonds is 9. The molecule has 0 aromatic heterocycles. The lowest BCUT2D eigenvalue weighted by atomic mass is 10.1. The summed E-state index contributed by atoms with van der Waals surface area (Å²) < 4.78 is 4.92. The second-order valence-corrected chi connectivity index (χ2v) is 6.72. The number of carbonyl (C=O) groups excluding carboxylic acids is 2. The number of para-hydroxylation sites is 1. The van der Waals surface area contributed by atoms with Gasteiger partial charge in [-0.2, -0.15) is 0 Å². The molecule has 0 fully saturated rings. The zero-order chi connectivity index (χ0) is 23.7. The second kappa shape index (κ2) is 11.4. The lowest BCUT2D eigenvalue weighted by Crippen LogP contribution is -2.35. The number of hydrogen-bond donors (Lipinski definition) is 3. The van der Waals surface area contributed by atoms with Crippen LogP contribution in [0.1, 0.15) is 27.1 Å². The summed E-state index contributed by atoms with van der Waals surface area (Å²) in [6.07, 6.45) is 0.627. The van der Waals surface area contributed by atoms with E-state index in [1.807, 2.05) is 0 Å². The van der Waals surface area contributed by atoms with E-state index in [2.05, 4.69) is 16.0 Å². The van der Waals surface area contributed by atoms with Crippen molar-refractivity contribution in [3.8, 4) is 0 Å². The van der Waals surface area contributed by atoms with E-state index in [1.165, 1.54) is 0 Å². The molecule has 0 aliphatic heterocycles. The summed E-state index contributed by atoms with van der Waals surface area (Å²) in [4.78, 5) is 45.1. The summed E-state index contributed by atoms with van der Waals surface area (Å²) in [7, 11) is 1.56. The van der Waals surface area contributed by atoms with Crippen LogP contribution in [-0.4, -0.2) is 47.0 Å². The molecule has 0 atom stereocenters. The molecule has 0 aliphatic carbocycles. The third kappa shape index (κ3) is 6.78. The number of thiocarbonyl (C=S) groups is 1. The van der Waals surface area contributed by atoms with Crippen molar-refractivity contribution >= 4 is 46.2 Å². The van der Waals surface area contributed by atoms with Gasteiger partial charge < -0.3 is 15.4 Å². The van der Waals surface area contributed by atoms with E-state index in [0.29, 0.717) is 25.3 Å². The molecule has 168 valence electrons. The molecule has 2 aromatic rings. The molecular weight excluding hydrogens is 442 g/mol. The van der Waals surface area contributed by atoms with Crippen LogP contribution in [0.5, 0.6) is 0 Å². The van der Waals surface area contributed by atoms with Gasteiger partial charge in [0.25, 0.3) is 23.2 Å². The highest BCUT2D eigenvalue weighted by atomic mass is 32.1. The van der Waals surface area contributed by atoms with Crippen LogP contribution in [0.15, 0.2) is 42.5 Å². The van der Waals surface area contributed by atoms with E-state index in [1.54, 1.807) is 31.4 Å². The fraction of sp³-hybridized carbons (Fsp3) is 0.211. The van der Waals surface area contributed by atoms with Crippen molar-refractivity contribution < 1.29 is 24.2 Å². The molecule has 13 heteroatoms. The molecule has 12 nitrogen and oxygen atoms in total. The quantitative estimate of drug-likeness (QED) is 0.220. The molecule has 0 bridgehead atoms. The minimum absolute atomic E-state index is 0.205. The molecule has 0 spiro atoms. The molecule has 2 amide bonds. The SMILES string of the molecule is COCCCNC(=O)c1ccccc1NC(=S)NC(=O)c1cc([N+](=O)[O-])cc([N+](=O)[O-])c1. The Labute approximate surface area is 187 Å². The third-order valence-electron chi connectivity index (χ3n) is 4.04. The first-order valence-corrected chi connectivity index (χ1v) is 9.56. The first kappa shape index (κ1) is 24.3. The summed E-state index contributed by atoms with van der Waals surface area (Å²) in [5, 5.41) is 29.5. The van der Waals surface area contributed by atoms with E-state index >= 15 is 0 Å². The Hall–Kier alpha value is -3.97. The Bertz CT molecular complexity index is 1030. The van der Waals surface area contributed by atoms with Crippen molar-refractivity contribution in [2.45, 2.75) is 6.42 Å². The highest BCUT2D eigenvalue weighted by Gasteiger charge is 2.21. The Morgan fingerprint density at radius 3 is 2.25 bits per heavy atom. The van der Waals surface area contributed by atoms with E-state index in [0.717, 1.165) is 18.2 Å². The van der Waals surface area contributed by atoms with Gasteiger partial charge in [-0.1, -0.05) is 12.1 Å².